The Morgan fingerprint density at radius 3 is 0.967 bits per heavy atom. The fourth-order valence-corrected chi connectivity index (χ4v) is 21.4. The number of benzene rings is 10. The van der Waals surface area contributed by atoms with Crippen LogP contribution >= 0.6 is 0 Å². The second kappa shape index (κ2) is 30.9. The molecule has 0 fully saturated rings. The van der Waals surface area contributed by atoms with E-state index in [1.807, 2.05) is 42.3 Å². The van der Waals surface area contributed by atoms with E-state index >= 15 is 0 Å². The molecular formula is C116H122N5+5. The maximum Gasteiger partial charge on any atom is 0.215 e. The van der Waals surface area contributed by atoms with E-state index < -0.39 is 13.7 Å². The maximum atomic E-state index is 7.82. The van der Waals surface area contributed by atoms with Crippen LogP contribution in [0, 0.1) is 76.0 Å². The van der Waals surface area contributed by atoms with Crippen molar-refractivity contribution in [3.63, 3.8) is 0 Å². The van der Waals surface area contributed by atoms with Crippen LogP contribution in [0.4, 0.5) is 0 Å². The van der Waals surface area contributed by atoms with E-state index in [4.69, 9.17) is 8.22 Å². The van der Waals surface area contributed by atoms with Crippen LogP contribution in [0.3, 0.4) is 0 Å². The van der Waals surface area contributed by atoms with E-state index in [2.05, 4.69) is 396 Å². The van der Waals surface area contributed by atoms with E-state index in [1.54, 1.807) is 18.5 Å². The molecule has 0 unspecified atom stereocenters. The third-order valence-electron chi connectivity index (χ3n) is 27.7. The minimum atomic E-state index is -2.11. The zero-order chi connectivity index (χ0) is 91.2. The lowest BCUT2D eigenvalue weighted by molar-refractivity contribution is -0.666. The van der Waals surface area contributed by atoms with Gasteiger partial charge in [0.25, 0.3) is 0 Å². The first-order valence-corrected chi connectivity index (χ1v) is 43.0. The number of pyridine rings is 5. The highest BCUT2D eigenvalue weighted by Crippen LogP contribution is 2.58. The first-order chi connectivity index (χ1) is 59.9. The minimum Gasteiger partial charge on any atom is -0.201 e. The van der Waals surface area contributed by atoms with Crippen molar-refractivity contribution in [1.82, 2.24) is 0 Å². The molecule has 0 N–H and O–H groups in total. The lowest BCUT2D eigenvalue weighted by atomic mass is 9.78. The fourth-order valence-electron chi connectivity index (χ4n) is 21.4. The number of rotatable bonds is 5. The molecule has 5 nitrogen and oxygen atoms in total. The normalized spacial score (nSPS) is 15.3. The molecule has 5 heterocycles. The molecule has 606 valence electrons. The average molecular weight is 1590 g/mol. The van der Waals surface area contributed by atoms with E-state index in [0.29, 0.717) is 11.1 Å². The molecule has 5 aliphatic rings. The van der Waals surface area contributed by atoms with Crippen LogP contribution in [0.25, 0.3) is 112 Å². The van der Waals surface area contributed by atoms with E-state index in [9.17, 15) is 0 Å². The molecule has 0 aliphatic heterocycles. The highest BCUT2D eigenvalue weighted by molar-refractivity contribution is 5.94. The van der Waals surface area contributed by atoms with Gasteiger partial charge in [-0.05, 0) is 238 Å². The van der Waals surface area contributed by atoms with Gasteiger partial charge in [-0.15, -0.1) is 0 Å². The van der Waals surface area contributed by atoms with Gasteiger partial charge < -0.3 is 0 Å². The van der Waals surface area contributed by atoms with Crippen LogP contribution in [0.5, 0.6) is 0 Å². The molecule has 20 rings (SSSR count). The van der Waals surface area contributed by atoms with Crippen molar-refractivity contribution in [2.45, 2.75) is 172 Å². The Morgan fingerprint density at radius 1 is 0.231 bits per heavy atom. The molecule has 0 bridgehead atoms. The fraction of sp³-hybridized carbons (Fsp3) is 0.267. The summed E-state index contributed by atoms with van der Waals surface area (Å²) < 4.78 is 57.2. The van der Waals surface area contributed by atoms with Crippen LogP contribution in [0.1, 0.15) is 194 Å². The Bertz CT molecular complexity index is 6870. The van der Waals surface area contributed by atoms with Crippen molar-refractivity contribution >= 4 is 0 Å². The lowest BCUT2D eigenvalue weighted by Crippen LogP contribution is -2.35. The Balaban J connectivity index is 0.000000117. The number of fused-ring (bicyclic) bond motifs is 15. The summed E-state index contributed by atoms with van der Waals surface area (Å²) in [5.74, 6) is 0. The summed E-state index contributed by atoms with van der Waals surface area (Å²) in [4.78, 5) is 0. The Hall–Kier alpha value is -12.1. The standard InChI is InChI=1S/C24H26N.4C23H24N/c1-15-11-12-19-18-9-7-8-10-20(18)24(4,5)23(19)22(15)21-13-16(2)17(3)14-25(21)6;1-15-12-13-18-17-10-6-7-11-19(17)23(3,4)21(18)20(15)22-16(2)9-8-14-24(22)5;1-15-13-14-18-17-10-6-7-11-19(17)23(3,4)22(18)21(15)20-12-8-9-16(2)24(20)5;1-15-10-13-20(24(5)14-15)21-16(2)11-12-18-17-8-6-7-9-19(17)23(3,4)22(18)21;1-15-12-13-24(5)20(14-15)21-16(2)10-11-18-17-8-6-7-9-19(17)23(3,4)22(18)21/h7-14H,1-6H3;4*6-14H,1-5H3/q5*+1/i3D3;;;1D3;. The van der Waals surface area contributed by atoms with Gasteiger partial charge in [-0.2, -0.15) is 4.57 Å². The first kappa shape index (κ1) is 75.2. The van der Waals surface area contributed by atoms with Crippen LogP contribution < -0.4 is 22.8 Å². The molecule has 121 heavy (non-hydrogen) atoms. The molecule has 0 spiro atoms. The van der Waals surface area contributed by atoms with E-state index in [1.165, 1.54) is 201 Å². The Kier molecular flexibility index (Phi) is 19.2. The SMILES string of the molecule is Cc1cc[n+](C)c(-c2c(C)ccc3c2C(C)(C)c2ccccc2-3)c1.Cc1ccc2c(c1-c1c(C)ccc[n+]1C)C(C)(C)c1ccccc1-2.Cc1ccc2c(c1-c1cccc(C)[n+]1C)C(C)(C)c1ccccc1-2.[2H]C([2H])([2H])c1c[n+](C)c(-c2c(C)ccc3c2C(C)(C)c2ccccc2-3)cc1C.[2H]C([2H])([2H])c1ccc(-c2c(C)ccc3c2C(C)(C)c2ccccc2-3)[n+](C)c1. The summed E-state index contributed by atoms with van der Waals surface area (Å²) >= 11 is 0. The van der Waals surface area contributed by atoms with Crippen LogP contribution in [-0.4, -0.2) is 0 Å². The summed E-state index contributed by atoms with van der Waals surface area (Å²) in [6.07, 6.45) is 7.82. The maximum absolute atomic E-state index is 7.82. The van der Waals surface area contributed by atoms with Crippen LogP contribution in [0.2, 0.25) is 0 Å². The van der Waals surface area contributed by atoms with Gasteiger partial charge in [-0.3, -0.25) is 0 Å². The average Bonchev–Trinajstić information content (AvgIpc) is 1.59. The van der Waals surface area contributed by atoms with Gasteiger partial charge >= 0.3 is 0 Å². The van der Waals surface area contributed by atoms with Crippen molar-refractivity contribution in [1.29, 1.82) is 0 Å². The topological polar surface area (TPSA) is 19.4 Å². The molecule has 5 heteroatoms. The summed E-state index contributed by atoms with van der Waals surface area (Å²) in [6, 6.07) is 87.4. The first-order valence-electron chi connectivity index (χ1n) is 46.0. The van der Waals surface area contributed by atoms with Crippen molar-refractivity contribution in [3.8, 4) is 112 Å². The van der Waals surface area contributed by atoms with Gasteiger partial charge in [0.2, 0.25) is 28.5 Å². The molecule has 0 radical (unpaired) electrons. The largest absolute Gasteiger partial charge is 0.215 e. The number of aryl methyl sites for hydroxylation is 15. The monoisotopic (exact) mass is 1590 g/mol. The molecule has 0 saturated carbocycles. The van der Waals surface area contributed by atoms with Gasteiger partial charge in [0, 0.05) is 101 Å². The molecule has 10 aromatic carbocycles. The predicted octanol–water partition coefficient (Wildman–Crippen LogP) is 25.8. The molecule has 0 atom stereocenters. The minimum absolute atomic E-state index is 0.0164. The lowest BCUT2D eigenvalue weighted by Gasteiger charge is -2.25. The second-order valence-corrected chi connectivity index (χ2v) is 37.5. The van der Waals surface area contributed by atoms with Gasteiger partial charge in [0.15, 0.2) is 30.5 Å². The third-order valence-corrected chi connectivity index (χ3v) is 27.7. The van der Waals surface area contributed by atoms with E-state index in [0.717, 1.165) is 17.0 Å². The number of nitrogens with zero attached hydrogens (tertiary/aromatic N) is 5. The predicted molar refractivity (Wildman–Crippen MR) is 505 cm³/mol. The van der Waals surface area contributed by atoms with Crippen molar-refractivity contribution < 1.29 is 31.1 Å². The Morgan fingerprint density at radius 2 is 0.587 bits per heavy atom. The molecule has 0 amide bonds. The summed E-state index contributed by atoms with van der Waals surface area (Å²) in [7, 11) is 10.3. The zero-order valence-corrected chi connectivity index (χ0v) is 75.6. The zero-order valence-electron chi connectivity index (χ0n) is 81.6. The molecular weight excluding hydrogens is 1460 g/mol. The second-order valence-electron chi connectivity index (χ2n) is 37.5. The smallest absolute Gasteiger partial charge is 0.201 e. The van der Waals surface area contributed by atoms with Gasteiger partial charge in [-0.25, -0.2) is 18.3 Å². The third kappa shape index (κ3) is 13.7. The summed E-state index contributed by atoms with van der Waals surface area (Å²) in [5, 5.41) is 0. The molecule has 0 saturated heterocycles. The number of aromatic nitrogens is 5. The van der Waals surface area contributed by atoms with Crippen LogP contribution in [0.15, 0.2) is 267 Å². The van der Waals surface area contributed by atoms with Gasteiger partial charge in [0.05, 0.1) is 27.8 Å². The Labute approximate surface area is 730 Å². The van der Waals surface area contributed by atoms with Crippen molar-refractivity contribution in [2.75, 3.05) is 0 Å². The molecule has 5 aromatic heterocycles. The summed E-state index contributed by atoms with van der Waals surface area (Å²) in [6.45, 7) is 38.5. The number of hydrogen-bond acceptors (Lipinski definition) is 0. The quantitative estimate of drug-likeness (QED) is 0.153. The highest BCUT2D eigenvalue weighted by atomic mass is 15.0. The van der Waals surface area contributed by atoms with Crippen molar-refractivity contribution in [2.24, 2.45) is 35.2 Å². The summed E-state index contributed by atoms with van der Waals surface area (Å²) in [5.41, 5.74) is 51.8. The van der Waals surface area contributed by atoms with Crippen LogP contribution in [-0.2, 0) is 62.3 Å². The van der Waals surface area contributed by atoms with Gasteiger partial charge in [0.1, 0.15) is 35.2 Å². The molecule has 5 aliphatic carbocycles. The van der Waals surface area contributed by atoms with Crippen molar-refractivity contribution in [3.05, 3.63) is 384 Å². The number of hydrogen-bond donors (Lipinski definition) is 0. The van der Waals surface area contributed by atoms with E-state index in [-0.39, 0.29) is 27.1 Å². The molecule has 15 aromatic rings. The highest BCUT2D eigenvalue weighted by Gasteiger charge is 2.45. The van der Waals surface area contributed by atoms with Gasteiger partial charge in [-0.1, -0.05) is 251 Å².